The number of amides is 1. The van der Waals surface area contributed by atoms with Crippen molar-refractivity contribution in [3.05, 3.63) is 42.4 Å². The van der Waals surface area contributed by atoms with Crippen molar-refractivity contribution in [1.29, 1.82) is 0 Å². The lowest BCUT2D eigenvalue weighted by Gasteiger charge is -2.34. The molecule has 1 amide bonds. The number of carbonyl (C=O) groups excluding carboxylic acids is 1. The number of furan rings is 1. The lowest BCUT2D eigenvalue weighted by molar-refractivity contribution is -0.120. The summed E-state index contributed by atoms with van der Waals surface area (Å²) in [5.74, 6) is 1.39. The van der Waals surface area contributed by atoms with E-state index in [9.17, 15) is 4.79 Å². The molecule has 116 valence electrons. The molecule has 1 aromatic heterocycles. The summed E-state index contributed by atoms with van der Waals surface area (Å²) in [5, 5.41) is 2.85. The first-order valence-electron chi connectivity index (χ1n) is 7.22. The molecule has 1 atom stereocenters. The molecule has 2 heterocycles. The van der Waals surface area contributed by atoms with Crippen molar-refractivity contribution >= 4 is 17.3 Å². The molecule has 22 heavy (non-hydrogen) atoms. The number of rotatable bonds is 4. The molecular weight excluding hydrogens is 282 g/mol. The number of nitrogen functional groups attached to an aromatic ring is 1. The first-order chi connectivity index (χ1) is 10.6. The lowest BCUT2D eigenvalue weighted by atomic mass is 10.2. The van der Waals surface area contributed by atoms with Crippen molar-refractivity contribution in [2.75, 3.05) is 23.7 Å². The molecule has 1 unspecified atom stereocenters. The predicted molar refractivity (Wildman–Crippen MR) is 83.7 cm³/mol. The Bertz CT molecular complexity index is 655. The van der Waals surface area contributed by atoms with Crippen LogP contribution in [-0.2, 0) is 11.3 Å². The van der Waals surface area contributed by atoms with Gasteiger partial charge in [-0.05, 0) is 31.2 Å². The van der Waals surface area contributed by atoms with Crippen LogP contribution in [-0.4, -0.2) is 25.1 Å². The van der Waals surface area contributed by atoms with Gasteiger partial charge in [-0.25, -0.2) is 0 Å². The highest BCUT2D eigenvalue weighted by atomic mass is 16.5. The average Bonchev–Trinajstić information content (AvgIpc) is 2.97. The number of hydrogen-bond donors (Lipinski definition) is 2. The fraction of sp³-hybridized carbons (Fsp3) is 0.312. The van der Waals surface area contributed by atoms with Crippen LogP contribution in [0.2, 0.25) is 0 Å². The van der Waals surface area contributed by atoms with E-state index < -0.39 is 0 Å². The number of nitrogens with one attached hydrogen (secondary N) is 1. The largest absolute Gasteiger partial charge is 0.487 e. The van der Waals surface area contributed by atoms with Crippen molar-refractivity contribution in [2.45, 2.75) is 19.6 Å². The Labute approximate surface area is 128 Å². The molecule has 0 fully saturated rings. The lowest BCUT2D eigenvalue weighted by Crippen LogP contribution is -2.44. The van der Waals surface area contributed by atoms with Gasteiger partial charge < -0.3 is 25.1 Å². The SMILES string of the molecule is CC1CN(CC(=O)NCc2ccco2)c2ccc(N)cc2O1. The average molecular weight is 301 g/mol. The maximum atomic E-state index is 12.1. The molecule has 2 aromatic rings. The molecule has 0 bridgehead atoms. The van der Waals surface area contributed by atoms with E-state index >= 15 is 0 Å². The minimum absolute atomic E-state index is 0.00664. The van der Waals surface area contributed by atoms with Gasteiger partial charge in [-0.1, -0.05) is 0 Å². The summed E-state index contributed by atoms with van der Waals surface area (Å²) in [5.41, 5.74) is 7.33. The van der Waals surface area contributed by atoms with Gasteiger partial charge >= 0.3 is 0 Å². The molecule has 0 aliphatic carbocycles. The molecule has 6 nitrogen and oxygen atoms in total. The van der Waals surface area contributed by atoms with Crippen LogP contribution in [0.25, 0.3) is 0 Å². The highest BCUT2D eigenvalue weighted by Gasteiger charge is 2.24. The molecule has 6 heteroatoms. The highest BCUT2D eigenvalue weighted by Crippen LogP contribution is 2.34. The van der Waals surface area contributed by atoms with Crippen molar-refractivity contribution < 1.29 is 13.9 Å². The second-order valence-electron chi connectivity index (χ2n) is 5.39. The van der Waals surface area contributed by atoms with Gasteiger partial charge in [0, 0.05) is 11.8 Å². The maximum absolute atomic E-state index is 12.1. The third-order valence-corrected chi connectivity index (χ3v) is 3.50. The molecule has 1 aliphatic heterocycles. The Morgan fingerprint density at radius 3 is 3.09 bits per heavy atom. The Kier molecular flexibility index (Phi) is 3.91. The standard InChI is InChI=1S/C16H19N3O3/c1-11-9-19(14-5-4-12(17)7-15(14)22-11)10-16(20)18-8-13-3-2-6-21-13/h2-7,11H,8-10,17H2,1H3,(H,18,20). The maximum Gasteiger partial charge on any atom is 0.239 e. The number of fused-ring (bicyclic) bond motifs is 1. The van der Waals surface area contributed by atoms with Crippen LogP contribution in [0, 0.1) is 0 Å². The zero-order valence-electron chi connectivity index (χ0n) is 12.4. The minimum Gasteiger partial charge on any atom is -0.487 e. The summed E-state index contributed by atoms with van der Waals surface area (Å²) in [4.78, 5) is 14.1. The molecule has 3 N–H and O–H groups in total. The van der Waals surface area contributed by atoms with E-state index in [1.807, 2.05) is 30.0 Å². The molecule has 0 saturated heterocycles. The van der Waals surface area contributed by atoms with Gasteiger partial charge in [0.25, 0.3) is 0 Å². The second-order valence-corrected chi connectivity index (χ2v) is 5.39. The monoisotopic (exact) mass is 301 g/mol. The third-order valence-electron chi connectivity index (χ3n) is 3.50. The van der Waals surface area contributed by atoms with Crippen molar-refractivity contribution in [2.24, 2.45) is 0 Å². The van der Waals surface area contributed by atoms with Crippen molar-refractivity contribution in [1.82, 2.24) is 5.32 Å². The fourth-order valence-corrected chi connectivity index (χ4v) is 2.53. The van der Waals surface area contributed by atoms with E-state index in [1.165, 1.54) is 0 Å². The van der Waals surface area contributed by atoms with Crippen LogP contribution in [0.1, 0.15) is 12.7 Å². The first kappa shape index (κ1) is 14.3. The number of nitrogens with zero attached hydrogens (tertiary/aromatic N) is 1. The Morgan fingerprint density at radius 1 is 1.45 bits per heavy atom. The third kappa shape index (κ3) is 3.16. The van der Waals surface area contributed by atoms with Crippen LogP contribution in [0.15, 0.2) is 41.0 Å². The quantitative estimate of drug-likeness (QED) is 0.841. The smallest absolute Gasteiger partial charge is 0.239 e. The predicted octanol–water partition coefficient (Wildman–Crippen LogP) is 1.77. The molecule has 0 saturated carbocycles. The van der Waals surface area contributed by atoms with E-state index in [1.54, 1.807) is 18.4 Å². The van der Waals surface area contributed by atoms with Gasteiger partial charge in [0.1, 0.15) is 17.6 Å². The van der Waals surface area contributed by atoms with Gasteiger partial charge in [0.15, 0.2) is 0 Å². The molecule has 1 aliphatic rings. The molecule has 0 spiro atoms. The van der Waals surface area contributed by atoms with E-state index in [2.05, 4.69) is 5.32 Å². The van der Waals surface area contributed by atoms with E-state index in [4.69, 9.17) is 14.9 Å². The zero-order chi connectivity index (χ0) is 15.5. The Morgan fingerprint density at radius 2 is 2.32 bits per heavy atom. The number of ether oxygens (including phenoxy) is 1. The number of anilines is 2. The first-order valence-corrected chi connectivity index (χ1v) is 7.22. The summed E-state index contributed by atoms with van der Waals surface area (Å²) < 4.78 is 11.0. The number of benzene rings is 1. The summed E-state index contributed by atoms with van der Waals surface area (Å²) in [6, 6.07) is 9.11. The van der Waals surface area contributed by atoms with E-state index in [-0.39, 0.29) is 18.6 Å². The molecule has 0 radical (unpaired) electrons. The van der Waals surface area contributed by atoms with Crippen LogP contribution in [0.4, 0.5) is 11.4 Å². The van der Waals surface area contributed by atoms with E-state index in [0.717, 1.165) is 17.2 Å². The molecular formula is C16H19N3O3. The number of carbonyl (C=O) groups is 1. The van der Waals surface area contributed by atoms with Crippen molar-refractivity contribution in [3.63, 3.8) is 0 Å². The second kappa shape index (κ2) is 6.01. The van der Waals surface area contributed by atoms with E-state index in [0.29, 0.717) is 18.8 Å². The Hall–Kier alpha value is -2.63. The van der Waals surface area contributed by atoms with Gasteiger partial charge in [0.2, 0.25) is 5.91 Å². The summed E-state index contributed by atoms with van der Waals surface area (Å²) >= 11 is 0. The highest BCUT2D eigenvalue weighted by molar-refractivity contribution is 5.82. The minimum atomic E-state index is -0.0618. The van der Waals surface area contributed by atoms with Gasteiger partial charge in [-0.2, -0.15) is 0 Å². The van der Waals surface area contributed by atoms with Crippen LogP contribution >= 0.6 is 0 Å². The number of nitrogens with two attached hydrogens (primary N) is 1. The zero-order valence-corrected chi connectivity index (χ0v) is 12.4. The number of hydrogen-bond acceptors (Lipinski definition) is 5. The Balaban J connectivity index is 1.66. The fourth-order valence-electron chi connectivity index (χ4n) is 2.53. The van der Waals surface area contributed by atoms with Gasteiger partial charge in [-0.15, -0.1) is 0 Å². The summed E-state index contributed by atoms with van der Waals surface area (Å²) in [6.07, 6.45) is 1.60. The normalized spacial score (nSPS) is 16.8. The molecule has 3 rings (SSSR count). The summed E-state index contributed by atoms with van der Waals surface area (Å²) in [6.45, 7) is 3.29. The van der Waals surface area contributed by atoms with Crippen molar-refractivity contribution in [3.8, 4) is 5.75 Å². The van der Waals surface area contributed by atoms with Crippen LogP contribution < -0.4 is 20.7 Å². The van der Waals surface area contributed by atoms with Gasteiger partial charge in [0.05, 0.1) is 31.6 Å². The van der Waals surface area contributed by atoms with Gasteiger partial charge in [-0.3, -0.25) is 4.79 Å². The summed E-state index contributed by atoms with van der Waals surface area (Å²) in [7, 11) is 0. The van der Waals surface area contributed by atoms with Crippen LogP contribution in [0.3, 0.4) is 0 Å². The molecule has 1 aromatic carbocycles. The topological polar surface area (TPSA) is 80.7 Å². The van der Waals surface area contributed by atoms with Crippen LogP contribution in [0.5, 0.6) is 5.75 Å².